The number of rotatable bonds is 4. The summed E-state index contributed by atoms with van der Waals surface area (Å²) in [6.45, 7) is 3.72. The lowest BCUT2D eigenvalue weighted by atomic mass is 10.2. The van der Waals surface area contributed by atoms with Crippen LogP contribution in [0.25, 0.3) is 0 Å². The number of halogens is 1. The molecular weight excluding hydrogens is 193 g/mol. The van der Waals surface area contributed by atoms with Crippen LogP contribution in [0, 0.1) is 17.7 Å². The highest BCUT2D eigenvalue weighted by Gasteiger charge is 2.31. The van der Waals surface area contributed by atoms with Gasteiger partial charge in [-0.2, -0.15) is 0 Å². The Morgan fingerprint density at radius 2 is 2.27 bits per heavy atom. The van der Waals surface area contributed by atoms with Crippen LogP contribution < -0.4 is 5.32 Å². The molecule has 0 bridgehead atoms. The minimum absolute atomic E-state index is 0.228. The number of phenolic OH excluding ortho intramolecular Hbond substituents is 1. The van der Waals surface area contributed by atoms with Crippen LogP contribution in [0.2, 0.25) is 0 Å². The molecule has 2 unspecified atom stereocenters. The SMILES string of the molecule is CC1CC1CNCc1cccc(F)c1O. The van der Waals surface area contributed by atoms with Gasteiger partial charge in [0, 0.05) is 12.1 Å². The van der Waals surface area contributed by atoms with Crippen molar-refractivity contribution in [2.45, 2.75) is 19.9 Å². The molecule has 15 heavy (non-hydrogen) atoms. The molecule has 3 heteroatoms. The molecule has 1 aromatic carbocycles. The van der Waals surface area contributed by atoms with Gasteiger partial charge in [-0.15, -0.1) is 0 Å². The molecule has 2 nitrogen and oxygen atoms in total. The summed E-state index contributed by atoms with van der Waals surface area (Å²) in [6, 6.07) is 4.62. The van der Waals surface area contributed by atoms with Crippen molar-refractivity contribution in [1.29, 1.82) is 0 Å². The Kier molecular flexibility index (Phi) is 2.91. The molecular formula is C12H16FNO. The van der Waals surface area contributed by atoms with Crippen LogP contribution in [-0.4, -0.2) is 11.7 Å². The number of hydrogen-bond acceptors (Lipinski definition) is 2. The van der Waals surface area contributed by atoms with Crippen LogP contribution >= 0.6 is 0 Å². The normalized spacial score (nSPS) is 24.1. The van der Waals surface area contributed by atoms with E-state index in [4.69, 9.17) is 0 Å². The summed E-state index contributed by atoms with van der Waals surface area (Å²) in [5.74, 6) is 0.808. The smallest absolute Gasteiger partial charge is 0.165 e. The molecule has 82 valence electrons. The molecule has 1 aliphatic carbocycles. The maximum Gasteiger partial charge on any atom is 0.165 e. The predicted molar refractivity (Wildman–Crippen MR) is 57.0 cm³/mol. The monoisotopic (exact) mass is 209 g/mol. The number of aromatic hydroxyl groups is 1. The van der Waals surface area contributed by atoms with Gasteiger partial charge in [0.2, 0.25) is 0 Å². The quantitative estimate of drug-likeness (QED) is 0.797. The molecule has 0 aliphatic heterocycles. The van der Waals surface area contributed by atoms with Crippen LogP contribution in [0.3, 0.4) is 0 Å². The average Bonchev–Trinajstić information content (AvgIpc) is 2.89. The topological polar surface area (TPSA) is 32.3 Å². The van der Waals surface area contributed by atoms with Gasteiger partial charge < -0.3 is 10.4 Å². The second-order valence-electron chi connectivity index (χ2n) is 4.35. The van der Waals surface area contributed by atoms with E-state index in [0.717, 1.165) is 18.4 Å². The van der Waals surface area contributed by atoms with Gasteiger partial charge in [0.1, 0.15) is 0 Å². The van der Waals surface area contributed by atoms with Crippen molar-refractivity contribution in [3.05, 3.63) is 29.6 Å². The van der Waals surface area contributed by atoms with Crippen molar-refractivity contribution in [3.8, 4) is 5.75 Å². The highest BCUT2D eigenvalue weighted by atomic mass is 19.1. The molecule has 0 aromatic heterocycles. The fourth-order valence-corrected chi connectivity index (χ4v) is 1.78. The van der Waals surface area contributed by atoms with E-state index in [2.05, 4.69) is 12.2 Å². The average molecular weight is 209 g/mol. The summed E-state index contributed by atoms with van der Waals surface area (Å²) >= 11 is 0. The van der Waals surface area contributed by atoms with Gasteiger partial charge in [0.05, 0.1) is 0 Å². The minimum Gasteiger partial charge on any atom is -0.505 e. The first-order chi connectivity index (χ1) is 7.18. The molecule has 1 aromatic rings. The fraction of sp³-hybridized carbons (Fsp3) is 0.500. The summed E-state index contributed by atoms with van der Waals surface area (Å²) in [5.41, 5.74) is 0.628. The molecule has 2 N–H and O–H groups in total. The van der Waals surface area contributed by atoms with E-state index in [9.17, 15) is 9.50 Å². The zero-order valence-corrected chi connectivity index (χ0v) is 8.83. The first-order valence-corrected chi connectivity index (χ1v) is 5.35. The zero-order valence-electron chi connectivity index (χ0n) is 8.83. The first kappa shape index (κ1) is 10.4. The van der Waals surface area contributed by atoms with Crippen molar-refractivity contribution in [1.82, 2.24) is 5.32 Å². The third kappa shape index (κ3) is 2.48. The van der Waals surface area contributed by atoms with Gasteiger partial charge in [0.25, 0.3) is 0 Å². The third-order valence-corrected chi connectivity index (χ3v) is 3.07. The lowest BCUT2D eigenvalue weighted by molar-refractivity contribution is 0.422. The largest absolute Gasteiger partial charge is 0.505 e. The van der Waals surface area contributed by atoms with Crippen LogP contribution in [0.4, 0.5) is 4.39 Å². The van der Waals surface area contributed by atoms with Gasteiger partial charge in [-0.05, 0) is 30.9 Å². The van der Waals surface area contributed by atoms with Gasteiger partial charge in [-0.1, -0.05) is 19.1 Å². The van der Waals surface area contributed by atoms with Crippen molar-refractivity contribution < 1.29 is 9.50 Å². The zero-order chi connectivity index (χ0) is 10.8. The molecule has 2 rings (SSSR count). The van der Waals surface area contributed by atoms with Gasteiger partial charge in [-0.3, -0.25) is 0 Å². The summed E-state index contributed by atoms with van der Waals surface area (Å²) in [5, 5.41) is 12.7. The van der Waals surface area contributed by atoms with Crippen molar-refractivity contribution in [2.24, 2.45) is 11.8 Å². The molecule has 1 saturated carbocycles. The Balaban J connectivity index is 1.85. The lowest BCUT2D eigenvalue weighted by Gasteiger charge is -2.06. The van der Waals surface area contributed by atoms with Crippen molar-refractivity contribution >= 4 is 0 Å². The molecule has 0 spiro atoms. The Morgan fingerprint density at radius 1 is 1.53 bits per heavy atom. The van der Waals surface area contributed by atoms with Crippen molar-refractivity contribution in [3.63, 3.8) is 0 Å². The Morgan fingerprint density at radius 3 is 2.93 bits per heavy atom. The minimum atomic E-state index is -0.547. The van der Waals surface area contributed by atoms with Crippen LogP contribution in [0.5, 0.6) is 5.75 Å². The highest BCUT2D eigenvalue weighted by molar-refractivity contribution is 5.33. The predicted octanol–water partition coefficient (Wildman–Crippen LogP) is 2.28. The summed E-state index contributed by atoms with van der Waals surface area (Å²) in [4.78, 5) is 0. The Bertz CT molecular complexity index is 353. The highest BCUT2D eigenvalue weighted by Crippen LogP contribution is 2.36. The standard InChI is InChI=1S/C12H16FNO/c1-8-5-10(8)7-14-6-9-3-2-4-11(13)12(9)15/h2-4,8,10,14-15H,5-7H2,1H3. The lowest BCUT2D eigenvalue weighted by Crippen LogP contribution is -2.16. The first-order valence-electron chi connectivity index (χ1n) is 5.35. The van der Waals surface area contributed by atoms with Gasteiger partial charge in [-0.25, -0.2) is 4.39 Å². The number of phenols is 1. The van der Waals surface area contributed by atoms with E-state index in [-0.39, 0.29) is 5.75 Å². The maximum absolute atomic E-state index is 13.0. The summed E-state index contributed by atoms with van der Waals surface area (Å²) in [7, 11) is 0. The van der Waals surface area contributed by atoms with E-state index < -0.39 is 5.82 Å². The van der Waals surface area contributed by atoms with E-state index >= 15 is 0 Å². The second-order valence-corrected chi connectivity index (χ2v) is 4.35. The van der Waals surface area contributed by atoms with Gasteiger partial charge >= 0.3 is 0 Å². The van der Waals surface area contributed by atoms with Gasteiger partial charge in [0.15, 0.2) is 11.6 Å². The van der Waals surface area contributed by atoms with Crippen molar-refractivity contribution in [2.75, 3.05) is 6.54 Å². The number of hydrogen-bond donors (Lipinski definition) is 2. The Hall–Kier alpha value is -1.09. The second kappa shape index (κ2) is 4.19. The molecule has 0 amide bonds. The molecule has 2 atom stereocenters. The number of para-hydroxylation sites is 1. The Labute approximate surface area is 89.1 Å². The van der Waals surface area contributed by atoms with Crippen LogP contribution in [-0.2, 0) is 6.54 Å². The van der Waals surface area contributed by atoms with E-state index in [1.807, 2.05) is 0 Å². The summed E-state index contributed by atoms with van der Waals surface area (Å²) < 4.78 is 13.0. The van der Waals surface area contributed by atoms with Crippen LogP contribution in [0.15, 0.2) is 18.2 Å². The molecule has 0 heterocycles. The van der Waals surface area contributed by atoms with E-state index in [1.165, 1.54) is 12.5 Å². The van der Waals surface area contributed by atoms with E-state index in [0.29, 0.717) is 12.1 Å². The third-order valence-electron chi connectivity index (χ3n) is 3.07. The summed E-state index contributed by atoms with van der Waals surface area (Å²) in [6.07, 6.45) is 1.28. The fourth-order valence-electron chi connectivity index (χ4n) is 1.78. The molecule has 0 radical (unpaired) electrons. The molecule has 1 fully saturated rings. The van der Waals surface area contributed by atoms with E-state index in [1.54, 1.807) is 12.1 Å². The number of nitrogens with one attached hydrogen (secondary N) is 1. The number of benzene rings is 1. The molecule has 0 saturated heterocycles. The van der Waals surface area contributed by atoms with Crippen LogP contribution in [0.1, 0.15) is 18.9 Å². The molecule has 1 aliphatic rings. The maximum atomic E-state index is 13.0.